The molecule has 0 saturated carbocycles. The number of aliphatic hydroxyl groups is 2. The van der Waals surface area contributed by atoms with Gasteiger partial charge >= 0.3 is 0 Å². The number of allylic oxidation sites excluding steroid dienone is 1. The molecule has 0 spiro atoms. The maximum absolute atomic E-state index is 11.5. The van der Waals surface area contributed by atoms with E-state index in [4.69, 9.17) is 0 Å². The van der Waals surface area contributed by atoms with E-state index in [9.17, 15) is 15.0 Å². The van der Waals surface area contributed by atoms with Gasteiger partial charge in [0, 0.05) is 6.42 Å². The average Bonchev–Trinajstić information content (AvgIpc) is 2.63. The van der Waals surface area contributed by atoms with E-state index >= 15 is 0 Å². The van der Waals surface area contributed by atoms with Gasteiger partial charge in [0.1, 0.15) is 0 Å². The molecule has 2 atom stereocenters. The zero-order chi connectivity index (χ0) is 19.5. The highest BCUT2D eigenvalue weighted by atomic mass is 16.3. The summed E-state index contributed by atoms with van der Waals surface area (Å²) >= 11 is 0. The van der Waals surface area contributed by atoms with Crippen LogP contribution in [0.25, 0.3) is 0 Å². The number of hydrogen-bond donors (Lipinski definition) is 3. The molecule has 0 aliphatic rings. The number of unbranched alkanes of at least 4 members (excludes halogenated alkanes) is 11. The molecule has 154 valence electrons. The van der Waals surface area contributed by atoms with Gasteiger partial charge in [0.05, 0.1) is 18.8 Å². The Labute approximate surface area is 161 Å². The van der Waals surface area contributed by atoms with Crippen LogP contribution in [0.4, 0.5) is 0 Å². The lowest BCUT2D eigenvalue weighted by atomic mass is 10.0. The van der Waals surface area contributed by atoms with Gasteiger partial charge in [-0.3, -0.25) is 4.79 Å². The molecule has 4 nitrogen and oxygen atoms in total. The minimum absolute atomic E-state index is 0.121. The predicted octanol–water partition coefficient (Wildman–Crippen LogP) is 4.88. The van der Waals surface area contributed by atoms with Crippen LogP contribution in [0, 0.1) is 0 Å². The quantitative estimate of drug-likeness (QED) is 0.238. The summed E-state index contributed by atoms with van der Waals surface area (Å²) in [5, 5.41) is 22.0. The summed E-state index contributed by atoms with van der Waals surface area (Å²) in [5.41, 5.74) is 0. The zero-order valence-corrected chi connectivity index (χ0v) is 17.2. The summed E-state index contributed by atoms with van der Waals surface area (Å²) in [7, 11) is 0. The van der Waals surface area contributed by atoms with Crippen molar-refractivity contribution in [3.8, 4) is 0 Å². The van der Waals surface area contributed by atoms with Crippen LogP contribution < -0.4 is 5.32 Å². The van der Waals surface area contributed by atoms with Crippen molar-refractivity contribution in [1.82, 2.24) is 5.32 Å². The Hall–Kier alpha value is -0.870. The van der Waals surface area contributed by atoms with Gasteiger partial charge < -0.3 is 15.5 Å². The van der Waals surface area contributed by atoms with Gasteiger partial charge in [0.25, 0.3) is 0 Å². The predicted molar refractivity (Wildman–Crippen MR) is 110 cm³/mol. The Kier molecular flexibility index (Phi) is 18.3. The summed E-state index contributed by atoms with van der Waals surface area (Å²) in [6, 6.07) is -0.609. The van der Waals surface area contributed by atoms with Crippen molar-refractivity contribution in [2.24, 2.45) is 0 Å². The topological polar surface area (TPSA) is 69.6 Å². The molecule has 0 aliphatic heterocycles. The molecule has 3 N–H and O–H groups in total. The number of aliphatic hydroxyl groups excluding tert-OH is 2. The van der Waals surface area contributed by atoms with E-state index in [1.54, 1.807) is 6.08 Å². The highest BCUT2D eigenvalue weighted by molar-refractivity contribution is 5.76. The molecule has 0 aliphatic carbocycles. The van der Waals surface area contributed by atoms with Gasteiger partial charge in [-0.1, -0.05) is 90.2 Å². The van der Waals surface area contributed by atoms with Crippen molar-refractivity contribution in [2.45, 2.75) is 116 Å². The van der Waals surface area contributed by atoms with Crippen LogP contribution in [0.15, 0.2) is 12.2 Å². The third kappa shape index (κ3) is 15.4. The summed E-state index contributed by atoms with van der Waals surface area (Å²) in [6.07, 6.45) is 19.6. The first-order valence-corrected chi connectivity index (χ1v) is 10.9. The molecule has 0 rings (SSSR count). The fraction of sp³-hybridized carbons (Fsp3) is 0.864. The van der Waals surface area contributed by atoms with Crippen LogP contribution >= 0.6 is 0 Å². The van der Waals surface area contributed by atoms with Crippen molar-refractivity contribution >= 4 is 5.91 Å². The van der Waals surface area contributed by atoms with Crippen LogP contribution in [0.3, 0.4) is 0 Å². The molecule has 2 unspecified atom stereocenters. The summed E-state index contributed by atoms with van der Waals surface area (Å²) < 4.78 is 0. The molecular weight excluding hydrogens is 326 g/mol. The Morgan fingerprint density at radius 1 is 0.885 bits per heavy atom. The SMILES string of the molecule is CCCCCCCCCCCCC/C=C/C(O)C(CO)NC(=O)CCC. The van der Waals surface area contributed by atoms with Crippen molar-refractivity contribution < 1.29 is 15.0 Å². The number of amides is 1. The Bertz CT molecular complexity index is 344. The Morgan fingerprint density at radius 3 is 1.92 bits per heavy atom. The summed E-state index contributed by atoms with van der Waals surface area (Å²) in [5.74, 6) is -0.121. The smallest absolute Gasteiger partial charge is 0.220 e. The van der Waals surface area contributed by atoms with E-state index in [0.29, 0.717) is 6.42 Å². The fourth-order valence-electron chi connectivity index (χ4n) is 3.04. The summed E-state index contributed by atoms with van der Waals surface area (Å²) in [6.45, 7) is 3.93. The minimum Gasteiger partial charge on any atom is -0.394 e. The molecule has 0 heterocycles. The van der Waals surface area contributed by atoms with Gasteiger partial charge in [0.15, 0.2) is 0 Å². The number of nitrogens with one attached hydrogen (secondary N) is 1. The van der Waals surface area contributed by atoms with Crippen LogP contribution in [0.2, 0.25) is 0 Å². The molecule has 0 saturated heterocycles. The number of carbonyl (C=O) groups excluding carboxylic acids is 1. The lowest BCUT2D eigenvalue weighted by Gasteiger charge is -2.19. The first kappa shape index (κ1) is 25.1. The number of rotatable bonds is 18. The van der Waals surface area contributed by atoms with Gasteiger partial charge in [-0.15, -0.1) is 0 Å². The van der Waals surface area contributed by atoms with E-state index in [0.717, 1.165) is 19.3 Å². The highest BCUT2D eigenvalue weighted by Gasteiger charge is 2.17. The van der Waals surface area contributed by atoms with Gasteiger partial charge in [0.2, 0.25) is 5.91 Å². The van der Waals surface area contributed by atoms with E-state index in [-0.39, 0.29) is 12.5 Å². The second-order valence-electron chi connectivity index (χ2n) is 7.35. The second-order valence-corrected chi connectivity index (χ2v) is 7.35. The summed E-state index contributed by atoms with van der Waals surface area (Å²) in [4.78, 5) is 11.5. The maximum atomic E-state index is 11.5. The van der Waals surface area contributed by atoms with E-state index in [2.05, 4.69) is 12.2 Å². The maximum Gasteiger partial charge on any atom is 0.220 e. The second kappa shape index (κ2) is 18.9. The van der Waals surface area contributed by atoms with Gasteiger partial charge in [-0.2, -0.15) is 0 Å². The van der Waals surface area contributed by atoms with E-state index in [1.807, 2.05) is 13.0 Å². The van der Waals surface area contributed by atoms with Crippen molar-refractivity contribution in [1.29, 1.82) is 0 Å². The molecule has 1 amide bonds. The molecular formula is C22H43NO3. The zero-order valence-electron chi connectivity index (χ0n) is 17.2. The van der Waals surface area contributed by atoms with Crippen LogP contribution in [0.1, 0.15) is 104 Å². The lowest BCUT2D eigenvalue weighted by molar-refractivity contribution is -0.122. The van der Waals surface area contributed by atoms with Crippen LogP contribution in [0.5, 0.6) is 0 Å². The highest BCUT2D eigenvalue weighted by Crippen LogP contribution is 2.12. The third-order valence-electron chi connectivity index (χ3n) is 4.74. The average molecular weight is 370 g/mol. The molecule has 0 aromatic heterocycles. The van der Waals surface area contributed by atoms with Crippen molar-refractivity contribution in [3.05, 3.63) is 12.2 Å². The van der Waals surface area contributed by atoms with Gasteiger partial charge in [-0.25, -0.2) is 0 Å². The molecule has 0 radical (unpaired) electrons. The molecule has 0 fully saturated rings. The fourth-order valence-corrected chi connectivity index (χ4v) is 3.04. The van der Waals surface area contributed by atoms with Crippen molar-refractivity contribution in [2.75, 3.05) is 6.61 Å². The molecule has 0 aromatic rings. The van der Waals surface area contributed by atoms with E-state index in [1.165, 1.54) is 64.2 Å². The van der Waals surface area contributed by atoms with Crippen LogP contribution in [-0.4, -0.2) is 34.9 Å². The molecule has 4 heteroatoms. The number of hydrogen-bond acceptors (Lipinski definition) is 3. The van der Waals surface area contributed by atoms with Crippen LogP contribution in [-0.2, 0) is 4.79 Å². The molecule has 0 aromatic carbocycles. The van der Waals surface area contributed by atoms with Gasteiger partial charge in [-0.05, 0) is 19.3 Å². The first-order chi connectivity index (χ1) is 12.7. The third-order valence-corrected chi connectivity index (χ3v) is 4.74. The minimum atomic E-state index is -0.825. The van der Waals surface area contributed by atoms with Crippen molar-refractivity contribution in [3.63, 3.8) is 0 Å². The standard InChI is InChI=1S/C22H43NO3/c1-3-5-6-7-8-9-10-11-12-13-14-15-16-18-21(25)20(19-24)23-22(26)17-4-2/h16,18,20-21,24-25H,3-15,17,19H2,1-2H3,(H,23,26)/b18-16+. The number of carbonyl (C=O) groups is 1. The monoisotopic (exact) mass is 369 g/mol. The van der Waals surface area contributed by atoms with E-state index < -0.39 is 12.1 Å². The largest absolute Gasteiger partial charge is 0.394 e. The molecule has 0 bridgehead atoms. The first-order valence-electron chi connectivity index (χ1n) is 10.9. The lowest BCUT2D eigenvalue weighted by Crippen LogP contribution is -2.45. The molecule has 26 heavy (non-hydrogen) atoms. The Morgan fingerprint density at radius 2 is 1.42 bits per heavy atom. The Balaban J connectivity index is 3.59. The normalized spacial score (nSPS) is 13.8.